The third-order valence-electron chi connectivity index (χ3n) is 4.40. The minimum atomic E-state index is -0.581. The quantitative estimate of drug-likeness (QED) is 0.494. The Bertz CT molecular complexity index is 847. The number of fused-ring (bicyclic) bond motifs is 1. The summed E-state index contributed by atoms with van der Waals surface area (Å²) in [5.74, 6) is -0.499. The highest BCUT2D eigenvalue weighted by molar-refractivity contribution is 6.30. The Morgan fingerprint density at radius 1 is 1.15 bits per heavy atom. The van der Waals surface area contributed by atoms with E-state index >= 15 is 0 Å². The van der Waals surface area contributed by atoms with E-state index in [-0.39, 0.29) is 5.91 Å². The van der Waals surface area contributed by atoms with E-state index in [1.165, 1.54) is 11.6 Å². The van der Waals surface area contributed by atoms with Crippen LogP contribution in [0.4, 0.5) is 0 Å². The number of amides is 2. The van der Waals surface area contributed by atoms with Crippen molar-refractivity contribution < 1.29 is 14.8 Å². The van der Waals surface area contributed by atoms with Crippen molar-refractivity contribution in [3.63, 3.8) is 0 Å². The van der Waals surface area contributed by atoms with E-state index in [9.17, 15) is 9.59 Å². The third-order valence-corrected chi connectivity index (χ3v) is 4.65. The average molecular weight is 371 g/mol. The van der Waals surface area contributed by atoms with Crippen molar-refractivity contribution in [2.45, 2.75) is 19.4 Å². The lowest BCUT2D eigenvalue weighted by molar-refractivity contribution is -0.131. The van der Waals surface area contributed by atoms with Gasteiger partial charge in [0.25, 0.3) is 5.91 Å². The van der Waals surface area contributed by atoms with E-state index in [2.05, 4.69) is 0 Å². The Balaban J connectivity index is 1.69. The van der Waals surface area contributed by atoms with E-state index in [4.69, 9.17) is 16.8 Å². The van der Waals surface area contributed by atoms with Crippen molar-refractivity contribution in [3.05, 3.63) is 75.8 Å². The molecule has 0 aliphatic carbocycles. The number of carbonyl (C=O) groups is 2. The second-order valence-corrected chi connectivity index (χ2v) is 6.64. The maximum atomic E-state index is 12.6. The maximum absolute atomic E-state index is 12.6. The minimum absolute atomic E-state index is 0.0820. The molecule has 1 aliphatic heterocycles. The molecule has 2 N–H and O–H groups in total. The number of nitrogens with one attached hydrogen (secondary N) is 1. The molecule has 0 radical (unpaired) electrons. The van der Waals surface area contributed by atoms with E-state index in [0.717, 1.165) is 23.1 Å². The van der Waals surface area contributed by atoms with Crippen LogP contribution in [0.25, 0.3) is 6.08 Å². The van der Waals surface area contributed by atoms with Crippen molar-refractivity contribution in [2.24, 2.45) is 0 Å². The van der Waals surface area contributed by atoms with Gasteiger partial charge in [-0.3, -0.25) is 14.8 Å². The summed E-state index contributed by atoms with van der Waals surface area (Å²) in [4.78, 5) is 25.6. The van der Waals surface area contributed by atoms with Gasteiger partial charge in [-0.2, -0.15) is 0 Å². The molecule has 134 valence electrons. The zero-order valence-electron chi connectivity index (χ0n) is 14.1. The molecule has 6 heteroatoms. The van der Waals surface area contributed by atoms with E-state index in [1.54, 1.807) is 23.7 Å². The van der Waals surface area contributed by atoms with Gasteiger partial charge in [0.15, 0.2) is 0 Å². The van der Waals surface area contributed by atoms with E-state index in [0.29, 0.717) is 24.5 Å². The van der Waals surface area contributed by atoms with Gasteiger partial charge >= 0.3 is 0 Å². The molecule has 0 fully saturated rings. The van der Waals surface area contributed by atoms with E-state index < -0.39 is 5.91 Å². The Morgan fingerprint density at radius 3 is 2.65 bits per heavy atom. The van der Waals surface area contributed by atoms with Gasteiger partial charge in [-0.25, -0.2) is 5.48 Å². The molecule has 0 atom stereocenters. The van der Waals surface area contributed by atoms with Crippen molar-refractivity contribution in [2.75, 3.05) is 6.54 Å². The number of halogens is 1. The van der Waals surface area contributed by atoms with Gasteiger partial charge in [0, 0.05) is 24.2 Å². The smallest absolute Gasteiger partial charge is 0.267 e. The highest BCUT2D eigenvalue weighted by atomic mass is 35.5. The summed E-state index contributed by atoms with van der Waals surface area (Å²) in [5.41, 5.74) is 5.64. The first-order valence-electron chi connectivity index (χ1n) is 8.31. The fourth-order valence-corrected chi connectivity index (χ4v) is 3.12. The Kier molecular flexibility index (Phi) is 5.71. The standard InChI is InChI=1S/C20H19ClN2O3/c21-18-6-2-15(3-7-18)12-20(25)23-10-9-16-5-1-14(11-17(16)13-23)4-8-19(24)22-26/h1-8,11,26H,9-10,12-13H2,(H,22,24). The SMILES string of the molecule is O=C(C=Cc1ccc2c(c1)CN(C(=O)Cc1ccc(Cl)cc1)CC2)NO. The normalized spacial score (nSPS) is 13.5. The van der Waals surface area contributed by atoms with Crippen molar-refractivity contribution >= 4 is 29.5 Å². The highest BCUT2D eigenvalue weighted by Gasteiger charge is 2.20. The fraction of sp³-hybridized carbons (Fsp3) is 0.200. The second kappa shape index (κ2) is 8.17. The van der Waals surface area contributed by atoms with Gasteiger partial charge < -0.3 is 4.90 Å². The van der Waals surface area contributed by atoms with Crippen LogP contribution in [-0.4, -0.2) is 28.5 Å². The van der Waals surface area contributed by atoms with Crippen molar-refractivity contribution in [1.82, 2.24) is 10.4 Å². The lowest BCUT2D eigenvalue weighted by atomic mass is 9.96. The van der Waals surface area contributed by atoms with Crippen LogP contribution in [0.3, 0.4) is 0 Å². The predicted octanol–water partition coefficient (Wildman–Crippen LogP) is 2.99. The number of carbonyl (C=O) groups excluding carboxylic acids is 2. The number of nitrogens with zero attached hydrogens (tertiary/aromatic N) is 1. The molecule has 0 saturated carbocycles. The molecule has 5 nitrogen and oxygen atoms in total. The van der Waals surface area contributed by atoms with Crippen LogP contribution in [-0.2, 0) is 29.0 Å². The molecule has 1 heterocycles. The molecular weight excluding hydrogens is 352 g/mol. The lowest BCUT2D eigenvalue weighted by Gasteiger charge is -2.29. The van der Waals surface area contributed by atoms with Crippen LogP contribution in [0.15, 0.2) is 48.5 Å². The number of hydrogen-bond acceptors (Lipinski definition) is 3. The molecule has 1 aliphatic rings. The maximum Gasteiger partial charge on any atom is 0.267 e. The zero-order chi connectivity index (χ0) is 18.5. The number of rotatable bonds is 4. The molecule has 2 aromatic carbocycles. The largest absolute Gasteiger partial charge is 0.338 e. The summed E-state index contributed by atoms with van der Waals surface area (Å²) in [6, 6.07) is 13.2. The van der Waals surface area contributed by atoms with Crippen molar-refractivity contribution in [1.29, 1.82) is 0 Å². The van der Waals surface area contributed by atoms with Gasteiger partial charge in [-0.1, -0.05) is 35.9 Å². The fourth-order valence-electron chi connectivity index (χ4n) is 2.99. The van der Waals surface area contributed by atoms with E-state index in [1.807, 2.05) is 35.2 Å². The van der Waals surface area contributed by atoms with Crippen LogP contribution in [0.2, 0.25) is 5.02 Å². The molecule has 0 aromatic heterocycles. The molecule has 3 rings (SSSR count). The second-order valence-electron chi connectivity index (χ2n) is 6.21. The molecule has 0 bridgehead atoms. The van der Waals surface area contributed by atoms with Crippen LogP contribution in [0, 0.1) is 0 Å². The number of hydrogen-bond donors (Lipinski definition) is 2. The number of hydroxylamine groups is 1. The highest BCUT2D eigenvalue weighted by Crippen LogP contribution is 2.22. The molecule has 0 spiro atoms. The summed E-state index contributed by atoms with van der Waals surface area (Å²) in [6.45, 7) is 1.25. The van der Waals surface area contributed by atoms with Gasteiger partial charge in [0.05, 0.1) is 6.42 Å². The van der Waals surface area contributed by atoms with Gasteiger partial charge in [-0.15, -0.1) is 0 Å². The van der Waals surface area contributed by atoms with Gasteiger partial charge in [-0.05, 0) is 52.9 Å². The first-order chi connectivity index (χ1) is 12.5. The predicted molar refractivity (Wildman–Crippen MR) is 99.7 cm³/mol. The molecule has 2 aromatic rings. The van der Waals surface area contributed by atoms with Gasteiger partial charge in [0.1, 0.15) is 0 Å². The van der Waals surface area contributed by atoms with Crippen LogP contribution < -0.4 is 5.48 Å². The molecular formula is C20H19ClN2O3. The third kappa shape index (κ3) is 4.50. The summed E-state index contributed by atoms with van der Waals surface area (Å²) in [6.07, 6.45) is 4.04. The summed E-state index contributed by atoms with van der Waals surface area (Å²) < 4.78 is 0. The lowest BCUT2D eigenvalue weighted by Crippen LogP contribution is -2.36. The molecule has 26 heavy (non-hydrogen) atoms. The minimum Gasteiger partial charge on any atom is -0.338 e. The molecule has 2 amide bonds. The topological polar surface area (TPSA) is 69.6 Å². The summed E-state index contributed by atoms with van der Waals surface area (Å²) in [5, 5.41) is 9.19. The first kappa shape index (κ1) is 18.2. The molecule has 0 unspecified atom stereocenters. The van der Waals surface area contributed by atoms with Gasteiger partial charge in [0.2, 0.25) is 5.91 Å². The number of benzene rings is 2. The Hall–Kier alpha value is -2.63. The van der Waals surface area contributed by atoms with Crippen LogP contribution >= 0.6 is 11.6 Å². The molecule has 0 saturated heterocycles. The Morgan fingerprint density at radius 2 is 1.92 bits per heavy atom. The average Bonchev–Trinajstić information content (AvgIpc) is 2.67. The van der Waals surface area contributed by atoms with Crippen molar-refractivity contribution in [3.8, 4) is 0 Å². The van der Waals surface area contributed by atoms with Crippen LogP contribution in [0.5, 0.6) is 0 Å². The Labute approximate surface area is 156 Å². The summed E-state index contributed by atoms with van der Waals surface area (Å²) >= 11 is 5.88. The first-order valence-corrected chi connectivity index (χ1v) is 8.69. The monoisotopic (exact) mass is 370 g/mol. The summed E-state index contributed by atoms with van der Waals surface area (Å²) in [7, 11) is 0. The zero-order valence-corrected chi connectivity index (χ0v) is 14.9. The van der Waals surface area contributed by atoms with Crippen LogP contribution in [0.1, 0.15) is 22.3 Å².